The number of nitrogens with one attached hydrogen (secondary N) is 1. The van der Waals surface area contributed by atoms with E-state index in [9.17, 15) is 9.59 Å². The molecule has 0 radical (unpaired) electrons. The lowest BCUT2D eigenvalue weighted by Gasteiger charge is -2.14. The maximum absolute atomic E-state index is 12.8. The minimum Gasteiger partial charge on any atom is -0.486 e. The van der Waals surface area contributed by atoms with Crippen molar-refractivity contribution >= 4 is 113 Å². The molecule has 0 atom stereocenters. The fourth-order valence-corrected chi connectivity index (χ4v) is 6.58. The van der Waals surface area contributed by atoms with Crippen LogP contribution in [0.4, 0.5) is 0 Å². The molecule has 12 heteroatoms. The number of hydrogen-bond donors (Lipinski definition) is 1. The Morgan fingerprint density at radius 3 is 2.56 bits per heavy atom. The van der Waals surface area contributed by atoms with E-state index in [4.69, 9.17) is 40.2 Å². The number of carbonyl (C=O) groups is 2. The highest BCUT2D eigenvalue weighted by atomic mass is 79.9. The van der Waals surface area contributed by atoms with Gasteiger partial charge in [0.2, 0.25) is 0 Å². The lowest BCUT2D eigenvalue weighted by atomic mass is 10.2. The highest BCUT2D eigenvalue weighted by Crippen LogP contribution is 2.38. The van der Waals surface area contributed by atoms with Crippen molar-refractivity contribution in [2.45, 2.75) is 6.61 Å². The maximum atomic E-state index is 12.8. The van der Waals surface area contributed by atoms with Gasteiger partial charge in [0.15, 0.2) is 4.32 Å². The van der Waals surface area contributed by atoms with Gasteiger partial charge in [-0.1, -0.05) is 47.1 Å². The predicted molar refractivity (Wildman–Crippen MR) is 149 cm³/mol. The average molecular weight is 679 g/mol. The van der Waals surface area contributed by atoms with Crippen LogP contribution >= 0.6 is 90.4 Å². The minimum absolute atomic E-state index is 0.245. The van der Waals surface area contributed by atoms with Gasteiger partial charge in [0.1, 0.15) is 12.4 Å². The van der Waals surface area contributed by atoms with E-state index < -0.39 is 5.91 Å². The maximum Gasteiger partial charge on any atom is 0.285 e. The molecule has 174 valence electrons. The Labute approximate surface area is 235 Å². The van der Waals surface area contributed by atoms with Gasteiger partial charge in [-0.2, -0.15) is 5.01 Å². The number of nitrogens with zero attached hydrogens (tertiary/aromatic N) is 1. The summed E-state index contributed by atoms with van der Waals surface area (Å²) in [5, 5.41) is 3.94. The highest BCUT2D eigenvalue weighted by molar-refractivity contribution is 9.11. The zero-order valence-corrected chi connectivity index (χ0v) is 23.9. The summed E-state index contributed by atoms with van der Waals surface area (Å²) in [4.78, 5) is 26.0. The van der Waals surface area contributed by atoms with Crippen molar-refractivity contribution in [3.05, 3.63) is 87.7 Å². The van der Waals surface area contributed by atoms with Gasteiger partial charge in [-0.25, -0.2) is 0 Å². The van der Waals surface area contributed by atoms with E-state index in [2.05, 4.69) is 37.3 Å². The lowest BCUT2D eigenvalue weighted by Crippen LogP contribution is -2.44. The summed E-state index contributed by atoms with van der Waals surface area (Å²) in [6.07, 6.45) is 1.70. The van der Waals surface area contributed by atoms with Crippen LogP contribution in [0.15, 0.2) is 61.7 Å². The molecule has 34 heavy (non-hydrogen) atoms. The topological polar surface area (TPSA) is 58.6 Å². The Kier molecular flexibility index (Phi) is 8.40. The summed E-state index contributed by atoms with van der Waals surface area (Å²) in [6, 6.07) is 12.3. The van der Waals surface area contributed by atoms with Gasteiger partial charge in [-0.3, -0.25) is 15.0 Å². The molecule has 2 amide bonds. The standard InChI is InChI=1S/C22H12Br2Cl2N2O3S3/c23-14-6-11(7-15(24)19(14)31-10-12-3-4-13(25)9-16(12)26)8-18-21(30)28(22(32)34-18)27-20(29)17-2-1-5-33-17/h1-9H,10H2,(H,27,29)/b18-8+. The van der Waals surface area contributed by atoms with Crippen LogP contribution in [0, 0.1) is 0 Å². The molecule has 0 spiro atoms. The van der Waals surface area contributed by atoms with Gasteiger partial charge >= 0.3 is 0 Å². The fraction of sp³-hybridized carbons (Fsp3) is 0.0455. The Balaban J connectivity index is 1.49. The first-order valence-corrected chi connectivity index (χ1v) is 13.9. The Bertz CT molecular complexity index is 1310. The number of hydrazine groups is 1. The van der Waals surface area contributed by atoms with Gasteiger partial charge in [0, 0.05) is 15.6 Å². The van der Waals surface area contributed by atoms with Crippen molar-refractivity contribution in [3.8, 4) is 5.75 Å². The van der Waals surface area contributed by atoms with Crippen LogP contribution in [0.1, 0.15) is 20.8 Å². The number of thioether (sulfide) groups is 1. The molecule has 0 bridgehead atoms. The van der Waals surface area contributed by atoms with Crippen molar-refractivity contribution in [1.82, 2.24) is 10.4 Å². The van der Waals surface area contributed by atoms with Crippen LogP contribution in [-0.2, 0) is 11.4 Å². The molecule has 1 aromatic heterocycles. The first kappa shape index (κ1) is 25.7. The van der Waals surface area contributed by atoms with Crippen molar-refractivity contribution < 1.29 is 14.3 Å². The first-order valence-electron chi connectivity index (χ1n) is 9.41. The largest absolute Gasteiger partial charge is 0.486 e. The molecule has 1 N–H and O–H groups in total. The van der Waals surface area contributed by atoms with Crippen molar-refractivity contribution in [2.75, 3.05) is 0 Å². The van der Waals surface area contributed by atoms with Crippen LogP contribution < -0.4 is 10.2 Å². The summed E-state index contributed by atoms with van der Waals surface area (Å²) in [5.41, 5.74) is 4.09. The summed E-state index contributed by atoms with van der Waals surface area (Å²) in [7, 11) is 0. The second kappa shape index (κ2) is 11.1. The van der Waals surface area contributed by atoms with Crippen LogP contribution in [0.3, 0.4) is 0 Å². The van der Waals surface area contributed by atoms with Crippen LogP contribution in [0.25, 0.3) is 6.08 Å². The number of thiocarbonyl (C=S) groups is 1. The number of ether oxygens (including phenoxy) is 1. The summed E-state index contributed by atoms with van der Waals surface area (Å²) in [6.45, 7) is 0.245. The predicted octanol–water partition coefficient (Wildman–Crippen LogP) is 7.71. The third-order valence-electron chi connectivity index (χ3n) is 4.46. The molecule has 0 aliphatic carbocycles. The average Bonchev–Trinajstić information content (AvgIpc) is 3.39. The van der Waals surface area contributed by atoms with Gasteiger partial charge < -0.3 is 4.74 Å². The number of benzene rings is 2. The molecule has 0 saturated carbocycles. The number of thiophene rings is 1. The van der Waals surface area contributed by atoms with Gasteiger partial charge in [0.05, 0.1) is 18.7 Å². The van der Waals surface area contributed by atoms with Crippen LogP contribution in [0.2, 0.25) is 10.0 Å². The van der Waals surface area contributed by atoms with Gasteiger partial charge in [-0.15, -0.1) is 11.3 Å². The molecule has 1 aliphatic heterocycles. The third kappa shape index (κ3) is 5.87. The molecule has 2 heterocycles. The third-order valence-corrected chi connectivity index (χ3v) is 8.39. The molecule has 0 unspecified atom stereocenters. The molecular weight excluding hydrogens is 667 g/mol. The second-order valence-electron chi connectivity index (χ2n) is 6.77. The zero-order valence-electron chi connectivity index (χ0n) is 16.8. The summed E-state index contributed by atoms with van der Waals surface area (Å²) < 4.78 is 7.55. The summed E-state index contributed by atoms with van der Waals surface area (Å²) >= 11 is 26.9. The van der Waals surface area contributed by atoms with E-state index >= 15 is 0 Å². The fourth-order valence-electron chi connectivity index (χ4n) is 2.87. The molecule has 3 aromatic rings. The number of halogens is 4. The number of carbonyl (C=O) groups excluding carboxylic acids is 2. The molecule has 4 rings (SSSR count). The van der Waals surface area contributed by atoms with E-state index in [-0.39, 0.29) is 16.8 Å². The van der Waals surface area contributed by atoms with Crippen molar-refractivity contribution in [1.29, 1.82) is 0 Å². The number of hydrogen-bond acceptors (Lipinski definition) is 6. The zero-order chi connectivity index (χ0) is 24.4. The van der Waals surface area contributed by atoms with Crippen molar-refractivity contribution in [3.63, 3.8) is 0 Å². The molecule has 2 aromatic carbocycles. The summed E-state index contributed by atoms with van der Waals surface area (Å²) in [5.74, 6) is -0.205. The van der Waals surface area contributed by atoms with E-state index in [1.165, 1.54) is 11.3 Å². The van der Waals surface area contributed by atoms with E-state index in [1.807, 2.05) is 12.1 Å². The highest BCUT2D eigenvalue weighted by Gasteiger charge is 2.34. The molecule has 1 aliphatic rings. The molecule has 5 nitrogen and oxygen atoms in total. The monoisotopic (exact) mass is 676 g/mol. The smallest absolute Gasteiger partial charge is 0.285 e. The quantitative estimate of drug-likeness (QED) is 0.214. The molecular formula is C22H12Br2Cl2N2O3S3. The second-order valence-corrected chi connectivity index (χ2v) is 11.9. The van der Waals surface area contributed by atoms with Crippen LogP contribution in [-0.4, -0.2) is 21.1 Å². The Morgan fingerprint density at radius 2 is 1.91 bits per heavy atom. The number of rotatable bonds is 6. The van der Waals surface area contributed by atoms with E-state index in [0.717, 1.165) is 27.9 Å². The normalized spacial score (nSPS) is 14.7. The van der Waals surface area contributed by atoms with Gasteiger partial charge in [0.25, 0.3) is 11.8 Å². The minimum atomic E-state index is -0.398. The molecule has 1 fully saturated rings. The Hall–Kier alpha value is -1.40. The van der Waals surface area contributed by atoms with E-state index in [0.29, 0.717) is 34.5 Å². The van der Waals surface area contributed by atoms with Crippen molar-refractivity contribution in [2.24, 2.45) is 0 Å². The van der Waals surface area contributed by atoms with Crippen LogP contribution in [0.5, 0.6) is 5.75 Å². The lowest BCUT2D eigenvalue weighted by molar-refractivity contribution is -0.123. The van der Waals surface area contributed by atoms with E-state index in [1.54, 1.807) is 41.8 Å². The molecule has 1 saturated heterocycles. The number of amides is 2. The first-order chi connectivity index (χ1) is 16.2. The Morgan fingerprint density at radius 1 is 1.18 bits per heavy atom. The SMILES string of the molecule is O=C(NN1C(=O)/C(=C\c2cc(Br)c(OCc3ccc(Cl)cc3Cl)c(Br)c2)SC1=S)c1cccs1. The van der Waals surface area contributed by atoms with Gasteiger partial charge in [-0.05, 0) is 91.4 Å².